The van der Waals surface area contributed by atoms with E-state index in [1.165, 1.54) is 30.0 Å². The van der Waals surface area contributed by atoms with E-state index >= 15 is 0 Å². The smallest absolute Gasteiger partial charge is 0.270 e. The Morgan fingerprint density at radius 1 is 1.36 bits per heavy atom. The second-order valence-corrected chi connectivity index (χ2v) is 7.14. The Balaban J connectivity index is 1.89. The molecule has 1 aromatic carbocycles. The topological polar surface area (TPSA) is 86.6 Å². The number of nitrogens with one attached hydrogen (secondary N) is 1. The van der Waals surface area contributed by atoms with Crippen molar-refractivity contribution < 1.29 is 4.79 Å². The van der Waals surface area contributed by atoms with E-state index in [0.29, 0.717) is 22.2 Å². The minimum atomic E-state index is -0.444. The highest BCUT2D eigenvalue weighted by Crippen LogP contribution is 2.27. The summed E-state index contributed by atoms with van der Waals surface area (Å²) in [5.74, 6) is 0.566. The fourth-order valence-electron chi connectivity index (χ4n) is 2.25. The van der Waals surface area contributed by atoms with Gasteiger partial charge < -0.3 is 4.98 Å². The Morgan fingerprint density at radius 3 is 2.88 bits per heavy atom. The molecule has 3 rings (SSSR count). The van der Waals surface area contributed by atoms with Gasteiger partial charge in [-0.1, -0.05) is 36.0 Å². The van der Waals surface area contributed by atoms with Crippen LogP contribution in [0.3, 0.4) is 0 Å². The largest absolute Gasteiger partial charge is 0.300 e. The van der Waals surface area contributed by atoms with Crippen LogP contribution in [0.25, 0.3) is 10.6 Å². The number of aromatic nitrogens is 2. The van der Waals surface area contributed by atoms with E-state index in [1.54, 1.807) is 6.07 Å². The Bertz CT molecular complexity index is 1020. The molecule has 0 radical (unpaired) electrons. The fourth-order valence-corrected chi connectivity index (χ4v) is 3.77. The van der Waals surface area contributed by atoms with Crippen molar-refractivity contribution in [3.05, 3.63) is 68.8 Å². The number of carbonyl (C=O) groups is 1. The maximum Gasteiger partial charge on any atom is 0.270 e. The van der Waals surface area contributed by atoms with Crippen molar-refractivity contribution >= 4 is 28.9 Å². The van der Waals surface area contributed by atoms with Crippen LogP contribution in [0.2, 0.25) is 0 Å². The summed E-state index contributed by atoms with van der Waals surface area (Å²) in [5, 5.41) is 11.6. The number of nitriles is 1. The minimum Gasteiger partial charge on any atom is -0.300 e. The van der Waals surface area contributed by atoms with Crippen molar-refractivity contribution in [2.45, 2.75) is 17.8 Å². The Morgan fingerprint density at radius 2 is 2.20 bits per heavy atom. The molecule has 0 saturated heterocycles. The summed E-state index contributed by atoms with van der Waals surface area (Å²) >= 11 is 2.79. The lowest BCUT2D eigenvalue weighted by atomic mass is 10.1. The Hall–Kier alpha value is -2.69. The molecular weight excluding hydrogens is 354 g/mol. The molecule has 0 spiro atoms. The van der Waals surface area contributed by atoms with E-state index in [2.05, 4.69) is 9.97 Å². The number of rotatable bonds is 5. The second-order valence-electron chi connectivity index (χ2n) is 5.23. The van der Waals surface area contributed by atoms with Gasteiger partial charge in [-0.25, -0.2) is 4.98 Å². The molecule has 0 fully saturated rings. The molecule has 3 aromatic rings. The number of hydrogen-bond acceptors (Lipinski definition) is 6. The summed E-state index contributed by atoms with van der Waals surface area (Å²) in [6.07, 6.45) is 0. The van der Waals surface area contributed by atoms with Crippen molar-refractivity contribution in [1.29, 1.82) is 5.26 Å². The van der Waals surface area contributed by atoms with Crippen molar-refractivity contribution in [3.63, 3.8) is 0 Å². The third kappa shape index (κ3) is 3.87. The molecule has 5 nitrogen and oxygen atoms in total. The van der Waals surface area contributed by atoms with E-state index in [0.717, 1.165) is 10.4 Å². The van der Waals surface area contributed by atoms with Crippen LogP contribution in [-0.4, -0.2) is 15.8 Å². The molecule has 2 heterocycles. The van der Waals surface area contributed by atoms with Crippen LogP contribution in [-0.2, 0) is 5.75 Å². The highest BCUT2D eigenvalue weighted by Gasteiger charge is 2.14. The predicted octanol–water partition coefficient (Wildman–Crippen LogP) is 3.86. The molecule has 0 bridgehead atoms. The van der Waals surface area contributed by atoms with Crippen LogP contribution in [0.15, 0.2) is 51.7 Å². The first-order valence-corrected chi connectivity index (χ1v) is 9.26. The van der Waals surface area contributed by atoms with Crippen LogP contribution in [0.4, 0.5) is 0 Å². The average Bonchev–Trinajstić information content (AvgIpc) is 3.14. The first-order chi connectivity index (χ1) is 12.1. The molecule has 0 saturated carbocycles. The third-order valence-electron chi connectivity index (χ3n) is 3.47. The van der Waals surface area contributed by atoms with Gasteiger partial charge in [-0.2, -0.15) is 5.26 Å². The maximum atomic E-state index is 12.2. The molecular formula is C18H13N3O2S2. The molecule has 0 aliphatic heterocycles. The Labute approximate surface area is 152 Å². The van der Waals surface area contributed by atoms with Gasteiger partial charge in [0.1, 0.15) is 17.3 Å². The zero-order chi connectivity index (χ0) is 17.8. The van der Waals surface area contributed by atoms with Gasteiger partial charge in [-0.05, 0) is 30.0 Å². The van der Waals surface area contributed by atoms with E-state index in [4.69, 9.17) is 0 Å². The van der Waals surface area contributed by atoms with Crippen LogP contribution in [0.5, 0.6) is 0 Å². The lowest BCUT2D eigenvalue weighted by Crippen LogP contribution is -2.14. The van der Waals surface area contributed by atoms with Gasteiger partial charge in [-0.15, -0.1) is 11.3 Å². The van der Waals surface area contributed by atoms with E-state index in [1.807, 2.05) is 41.8 Å². The van der Waals surface area contributed by atoms with Crippen molar-refractivity contribution in [2.24, 2.45) is 0 Å². The first-order valence-electron chi connectivity index (χ1n) is 7.39. The summed E-state index contributed by atoms with van der Waals surface area (Å²) < 4.78 is 0. The van der Waals surface area contributed by atoms with Gasteiger partial charge in [0.2, 0.25) is 0 Å². The molecule has 7 heteroatoms. The number of hydrogen-bond donors (Lipinski definition) is 1. The number of thioether (sulfide) groups is 1. The van der Waals surface area contributed by atoms with Gasteiger partial charge in [-0.3, -0.25) is 9.59 Å². The standard InChI is InChI=1S/C18H13N3O2S2/c1-11(22)13-5-2-4-12(8-13)10-25-18-20-16(15-6-3-7-24-15)14(9-19)17(23)21-18/h2-8H,10H2,1H3,(H,20,21,23). The summed E-state index contributed by atoms with van der Waals surface area (Å²) in [4.78, 5) is 31.5. The fraction of sp³-hybridized carbons (Fsp3) is 0.111. The molecule has 0 atom stereocenters. The highest BCUT2D eigenvalue weighted by molar-refractivity contribution is 7.98. The number of carbonyl (C=O) groups excluding carboxylic acids is 1. The molecule has 0 aliphatic carbocycles. The number of nitrogens with zero attached hydrogens (tertiary/aromatic N) is 2. The quantitative estimate of drug-likeness (QED) is 0.420. The molecule has 0 amide bonds. The first kappa shape index (κ1) is 17.1. The highest BCUT2D eigenvalue weighted by atomic mass is 32.2. The number of thiophene rings is 1. The van der Waals surface area contributed by atoms with Crippen LogP contribution < -0.4 is 5.56 Å². The lowest BCUT2D eigenvalue weighted by Gasteiger charge is -2.06. The third-order valence-corrected chi connectivity index (χ3v) is 5.29. The summed E-state index contributed by atoms with van der Waals surface area (Å²) in [7, 11) is 0. The zero-order valence-electron chi connectivity index (χ0n) is 13.3. The Kier molecular flexibility index (Phi) is 5.12. The van der Waals surface area contributed by atoms with Gasteiger partial charge in [0.05, 0.1) is 4.88 Å². The van der Waals surface area contributed by atoms with Crippen LogP contribution in [0, 0.1) is 11.3 Å². The van der Waals surface area contributed by atoms with Gasteiger partial charge in [0, 0.05) is 11.3 Å². The molecule has 2 aromatic heterocycles. The number of benzene rings is 1. The molecule has 25 heavy (non-hydrogen) atoms. The van der Waals surface area contributed by atoms with Gasteiger partial charge >= 0.3 is 0 Å². The second kappa shape index (κ2) is 7.47. The lowest BCUT2D eigenvalue weighted by molar-refractivity contribution is 0.101. The van der Waals surface area contributed by atoms with Gasteiger partial charge in [0.25, 0.3) is 5.56 Å². The average molecular weight is 367 g/mol. The SMILES string of the molecule is CC(=O)c1cccc(CSc2nc(-c3cccs3)c(C#N)c(=O)[nH]2)c1. The van der Waals surface area contributed by atoms with Crippen molar-refractivity contribution in [1.82, 2.24) is 9.97 Å². The number of aromatic amines is 1. The number of Topliss-reactive ketones (excluding diaryl/α,β-unsaturated/α-hetero) is 1. The monoisotopic (exact) mass is 367 g/mol. The van der Waals surface area contributed by atoms with Crippen molar-refractivity contribution in [2.75, 3.05) is 0 Å². The summed E-state index contributed by atoms with van der Waals surface area (Å²) in [6, 6.07) is 13.0. The molecule has 0 unspecified atom stereocenters. The maximum absolute atomic E-state index is 12.2. The van der Waals surface area contributed by atoms with E-state index in [9.17, 15) is 14.9 Å². The van der Waals surface area contributed by atoms with E-state index < -0.39 is 5.56 Å². The zero-order valence-corrected chi connectivity index (χ0v) is 14.9. The molecule has 124 valence electrons. The molecule has 1 N–H and O–H groups in total. The summed E-state index contributed by atoms with van der Waals surface area (Å²) in [5.41, 5.74) is 1.59. The molecule has 0 aliphatic rings. The van der Waals surface area contributed by atoms with Gasteiger partial charge in [0.15, 0.2) is 10.9 Å². The van der Waals surface area contributed by atoms with Crippen LogP contribution >= 0.6 is 23.1 Å². The summed E-state index contributed by atoms with van der Waals surface area (Å²) in [6.45, 7) is 1.53. The van der Waals surface area contributed by atoms with Crippen molar-refractivity contribution in [3.8, 4) is 16.6 Å². The number of H-pyrrole nitrogens is 1. The minimum absolute atomic E-state index is 0.0109. The number of ketones is 1. The normalized spacial score (nSPS) is 10.4. The van der Waals surface area contributed by atoms with E-state index in [-0.39, 0.29) is 11.3 Å². The predicted molar refractivity (Wildman–Crippen MR) is 98.9 cm³/mol. The van der Waals surface area contributed by atoms with Crippen LogP contribution in [0.1, 0.15) is 28.4 Å².